The third-order valence-electron chi connectivity index (χ3n) is 5.75. The number of anilines is 1. The summed E-state index contributed by atoms with van der Waals surface area (Å²) in [5, 5.41) is 4.48. The standard InChI is InChI=1S/C24H30N6O.ClH/c1-18-8-5-6-10-22(18)29-14-12-28(13-15-29)11-7-9-21-17-25-30(20(21)3)24-26-19(2)16-23(27-24)31-4;/h5-10,16-17H,11-15H2,1-4H3;1H. The minimum atomic E-state index is 0. The number of nitrogens with zero attached hydrogens (tertiary/aromatic N) is 6. The molecular weight excluding hydrogens is 424 g/mol. The zero-order chi connectivity index (χ0) is 21.8. The number of ether oxygens (including phenoxy) is 1. The maximum absolute atomic E-state index is 5.26. The molecule has 0 radical (unpaired) electrons. The first kappa shape index (κ1) is 23.8. The smallest absolute Gasteiger partial charge is 0.254 e. The van der Waals surface area contributed by atoms with Crippen LogP contribution >= 0.6 is 12.4 Å². The van der Waals surface area contributed by atoms with Gasteiger partial charge in [-0.05, 0) is 32.4 Å². The van der Waals surface area contributed by atoms with Gasteiger partial charge in [-0.2, -0.15) is 10.1 Å². The highest BCUT2D eigenvalue weighted by Crippen LogP contribution is 2.21. The number of aromatic nitrogens is 4. The number of piperazine rings is 1. The Kier molecular flexibility index (Phi) is 7.88. The molecule has 0 bridgehead atoms. The second-order valence-electron chi connectivity index (χ2n) is 7.93. The fourth-order valence-corrected chi connectivity index (χ4v) is 3.93. The molecule has 0 unspecified atom stereocenters. The van der Waals surface area contributed by atoms with Gasteiger partial charge in [0.1, 0.15) is 0 Å². The van der Waals surface area contributed by atoms with E-state index in [1.54, 1.807) is 11.8 Å². The second kappa shape index (κ2) is 10.6. The van der Waals surface area contributed by atoms with Crippen molar-refractivity contribution in [3.05, 3.63) is 65.1 Å². The number of methoxy groups -OCH3 is 1. The molecule has 1 saturated heterocycles. The van der Waals surface area contributed by atoms with Crippen molar-refractivity contribution in [2.45, 2.75) is 20.8 Å². The predicted molar refractivity (Wildman–Crippen MR) is 131 cm³/mol. The van der Waals surface area contributed by atoms with Crippen LogP contribution in [-0.2, 0) is 0 Å². The van der Waals surface area contributed by atoms with Crippen molar-refractivity contribution in [1.82, 2.24) is 24.6 Å². The summed E-state index contributed by atoms with van der Waals surface area (Å²) in [6.45, 7) is 11.3. The van der Waals surface area contributed by atoms with E-state index in [1.165, 1.54) is 11.3 Å². The fourth-order valence-electron chi connectivity index (χ4n) is 3.93. The number of rotatable bonds is 6. The van der Waals surface area contributed by atoms with Crippen molar-refractivity contribution in [1.29, 1.82) is 0 Å². The van der Waals surface area contributed by atoms with E-state index in [1.807, 2.05) is 26.1 Å². The summed E-state index contributed by atoms with van der Waals surface area (Å²) >= 11 is 0. The number of para-hydroxylation sites is 1. The largest absolute Gasteiger partial charge is 0.481 e. The lowest BCUT2D eigenvalue weighted by molar-refractivity contribution is 0.284. The summed E-state index contributed by atoms with van der Waals surface area (Å²) in [7, 11) is 1.61. The van der Waals surface area contributed by atoms with Crippen LogP contribution in [0.3, 0.4) is 0 Å². The lowest BCUT2D eigenvalue weighted by atomic mass is 10.1. The number of hydrogen-bond acceptors (Lipinski definition) is 6. The summed E-state index contributed by atoms with van der Waals surface area (Å²) in [4.78, 5) is 13.9. The van der Waals surface area contributed by atoms with E-state index in [0.29, 0.717) is 11.8 Å². The molecule has 1 fully saturated rings. The van der Waals surface area contributed by atoms with E-state index in [2.05, 4.69) is 68.2 Å². The molecule has 3 aromatic rings. The van der Waals surface area contributed by atoms with Gasteiger partial charge >= 0.3 is 0 Å². The molecule has 0 spiro atoms. The zero-order valence-corrected chi connectivity index (χ0v) is 20.0. The normalized spacial score (nSPS) is 14.6. The average molecular weight is 455 g/mol. The summed E-state index contributed by atoms with van der Waals surface area (Å²) in [5.41, 5.74) is 5.63. The van der Waals surface area contributed by atoms with Crippen LogP contribution in [0, 0.1) is 20.8 Å². The second-order valence-corrected chi connectivity index (χ2v) is 7.93. The molecule has 0 saturated carbocycles. The molecule has 32 heavy (non-hydrogen) atoms. The number of halogens is 1. The zero-order valence-electron chi connectivity index (χ0n) is 19.2. The Labute approximate surface area is 196 Å². The van der Waals surface area contributed by atoms with Crippen molar-refractivity contribution < 1.29 is 4.74 Å². The Morgan fingerprint density at radius 2 is 1.78 bits per heavy atom. The predicted octanol–water partition coefficient (Wildman–Crippen LogP) is 3.85. The van der Waals surface area contributed by atoms with Crippen LogP contribution in [0.5, 0.6) is 5.88 Å². The molecule has 1 aromatic carbocycles. The Morgan fingerprint density at radius 1 is 1.03 bits per heavy atom. The minimum Gasteiger partial charge on any atom is -0.481 e. The van der Waals surface area contributed by atoms with Gasteiger partial charge in [-0.25, -0.2) is 9.67 Å². The number of hydrogen-bond donors (Lipinski definition) is 0. The lowest BCUT2D eigenvalue weighted by Crippen LogP contribution is -2.46. The molecule has 1 aliphatic rings. The Bertz CT molecular complexity index is 1070. The highest BCUT2D eigenvalue weighted by atomic mass is 35.5. The van der Waals surface area contributed by atoms with Gasteiger partial charge in [0, 0.05) is 55.7 Å². The summed E-state index contributed by atoms with van der Waals surface area (Å²) in [6, 6.07) is 10.4. The Hall–Kier alpha value is -2.90. The van der Waals surface area contributed by atoms with Crippen LogP contribution in [0.15, 0.2) is 42.6 Å². The Balaban J connectivity index is 0.00000289. The van der Waals surface area contributed by atoms with E-state index < -0.39 is 0 Å². The third kappa shape index (κ3) is 5.29. The van der Waals surface area contributed by atoms with Gasteiger partial charge in [-0.15, -0.1) is 12.4 Å². The minimum absolute atomic E-state index is 0. The first-order valence-electron chi connectivity index (χ1n) is 10.7. The van der Waals surface area contributed by atoms with Gasteiger partial charge in [0.25, 0.3) is 5.95 Å². The molecule has 4 rings (SSSR count). The van der Waals surface area contributed by atoms with Crippen LogP contribution in [0.25, 0.3) is 12.0 Å². The number of benzene rings is 1. The van der Waals surface area contributed by atoms with Gasteiger partial charge in [-0.1, -0.05) is 30.4 Å². The van der Waals surface area contributed by atoms with E-state index >= 15 is 0 Å². The average Bonchev–Trinajstić information content (AvgIpc) is 3.14. The van der Waals surface area contributed by atoms with Crippen LogP contribution in [-0.4, -0.2) is 64.5 Å². The van der Waals surface area contributed by atoms with E-state index in [0.717, 1.165) is 49.7 Å². The molecule has 7 nitrogen and oxygen atoms in total. The fraction of sp³-hybridized carbons (Fsp3) is 0.375. The van der Waals surface area contributed by atoms with Crippen molar-refractivity contribution in [2.24, 2.45) is 0 Å². The van der Waals surface area contributed by atoms with Crippen LogP contribution < -0.4 is 9.64 Å². The monoisotopic (exact) mass is 454 g/mol. The number of aryl methyl sites for hydroxylation is 2. The van der Waals surface area contributed by atoms with E-state index in [9.17, 15) is 0 Å². The van der Waals surface area contributed by atoms with Crippen molar-refractivity contribution in [3.63, 3.8) is 0 Å². The summed E-state index contributed by atoms with van der Waals surface area (Å²) in [5.74, 6) is 1.07. The molecule has 0 amide bonds. The highest BCUT2D eigenvalue weighted by Gasteiger charge is 2.17. The molecule has 0 atom stereocenters. The maximum Gasteiger partial charge on any atom is 0.254 e. The Morgan fingerprint density at radius 3 is 2.50 bits per heavy atom. The molecule has 0 N–H and O–H groups in total. The summed E-state index contributed by atoms with van der Waals surface area (Å²) < 4.78 is 7.02. The van der Waals surface area contributed by atoms with Gasteiger partial charge < -0.3 is 9.64 Å². The molecule has 170 valence electrons. The van der Waals surface area contributed by atoms with Gasteiger partial charge in [0.15, 0.2) is 0 Å². The first-order chi connectivity index (χ1) is 15.0. The SMILES string of the molecule is COc1cc(C)nc(-n2ncc(C=CCN3CCN(c4ccccc4C)CC3)c2C)n1.Cl. The van der Waals surface area contributed by atoms with Crippen molar-refractivity contribution >= 4 is 24.2 Å². The first-order valence-corrected chi connectivity index (χ1v) is 10.7. The van der Waals surface area contributed by atoms with Gasteiger partial charge in [0.05, 0.1) is 19.0 Å². The topological polar surface area (TPSA) is 59.3 Å². The molecule has 0 aliphatic carbocycles. The van der Waals surface area contributed by atoms with Gasteiger partial charge in [0.2, 0.25) is 5.88 Å². The third-order valence-corrected chi connectivity index (χ3v) is 5.75. The molecule has 1 aliphatic heterocycles. The molecule has 3 heterocycles. The van der Waals surface area contributed by atoms with Crippen molar-refractivity contribution in [3.8, 4) is 11.8 Å². The van der Waals surface area contributed by atoms with E-state index in [4.69, 9.17) is 4.74 Å². The lowest BCUT2D eigenvalue weighted by Gasteiger charge is -2.36. The van der Waals surface area contributed by atoms with Crippen molar-refractivity contribution in [2.75, 3.05) is 44.7 Å². The maximum atomic E-state index is 5.26. The molecule has 8 heteroatoms. The van der Waals surface area contributed by atoms with Crippen LogP contribution in [0.2, 0.25) is 0 Å². The highest BCUT2D eigenvalue weighted by molar-refractivity contribution is 5.85. The summed E-state index contributed by atoms with van der Waals surface area (Å²) in [6.07, 6.45) is 6.22. The van der Waals surface area contributed by atoms with E-state index in [-0.39, 0.29) is 12.4 Å². The molecule has 2 aromatic heterocycles. The molecular formula is C24H31ClN6O. The quantitative estimate of drug-likeness (QED) is 0.563. The van der Waals surface area contributed by atoms with Gasteiger partial charge in [-0.3, -0.25) is 4.90 Å². The van der Waals surface area contributed by atoms with Crippen LogP contribution in [0.4, 0.5) is 5.69 Å². The van der Waals surface area contributed by atoms with Crippen LogP contribution in [0.1, 0.15) is 22.5 Å².